The van der Waals surface area contributed by atoms with Gasteiger partial charge in [0.15, 0.2) is 0 Å². The molecule has 106 valence electrons. The summed E-state index contributed by atoms with van der Waals surface area (Å²) in [5, 5.41) is 0.575. The zero-order valence-corrected chi connectivity index (χ0v) is 13.0. The third-order valence-electron chi connectivity index (χ3n) is 4.65. The predicted octanol–water partition coefficient (Wildman–Crippen LogP) is 4.25. The van der Waals surface area contributed by atoms with Crippen molar-refractivity contribution in [2.24, 2.45) is 0 Å². The molecule has 1 saturated heterocycles. The Morgan fingerprint density at radius 2 is 1.81 bits per heavy atom. The van der Waals surface area contributed by atoms with Crippen LogP contribution in [-0.2, 0) is 0 Å². The maximum Gasteiger partial charge on any atom is 0.255 e. The number of carbonyl (C=O) groups is 1. The maximum absolute atomic E-state index is 12.5. The summed E-state index contributed by atoms with van der Waals surface area (Å²) in [6, 6.07) is 14.5. The molecule has 4 rings (SSSR count). The summed E-state index contributed by atoms with van der Waals surface area (Å²) in [5.41, 5.74) is 6.12. The third-order valence-corrected chi connectivity index (χ3v) is 6.15. The van der Waals surface area contributed by atoms with E-state index in [-0.39, 0.29) is 11.3 Å². The molecule has 2 heterocycles. The lowest BCUT2D eigenvalue weighted by Gasteiger charge is -2.15. The molecular formula is C18H17NOS. The highest BCUT2D eigenvalue weighted by Crippen LogP contribution is 2.54. The molecule has 2 unspecified atom stereocenters. The van der Waals surface area contributed by atoms with Crippen LogP contribution in [0.3, 0.4) is 0 Å². The minimum absolute atomic E-state index is 0.191. The molecule has 2 aliphatic heterocycles. The van der Waals surface area contributed by atoms with Crippen LogP contribution in [-0.4, -0.2) is 17.4 Å². The molecule has 1 amide bonds. The highest BCUT2D eigenvalue weighted by molar-refractivity contribution is 8.00. The van der Waals surface area contributed by atoms with Gasteiger partial charge in [-0.05, 0) is 42.2 Å². The summed E-state index contributed by atoms with van der Waals surface area (Å²) in [6.45, 7) is 5.15. The largest absolute Gasteiger partial charge is 0.321 e. The molecule has 2 aromatic carbocycles. The van der Waals surface area contributed by atoms with E-state index in [4.69, 9.17) is 0 Å². The first-order chi connectivity index (χ1) is 10.2. The lowest BCUT2D eigenvalue weighted by atomic mass is 10.0. The van der Waals surface area contributed by atoms with Crippen molar-refractivity contribution in [2.45, 2.75) is 24.5 Å². The number of thioether (sulfide) groups is 1. The number of aryl methyl sites for hydroxylation is 1. The van der Waals surface area contributed by atoms with Crippen molar-refractivity contribution in [1.82, 2.24) is 4.90 Å². The molecule has 2 aliphatic rings. The summed E-state index contributed by atoms with van der Waals surface area (Å²) in [7, 11) is 0. The van der Waals surface area contributed by atoms with E-state index >= 15 is 0 Å². The van der Waals surface area contributed by atoms with E-state index in [2.05, 4.69) is 38.1 Å². The van der Waals surface area contributed by atoms with Crippen molar-refractivity contribution >= 4 is 17.7 Å². The van der Waals surface area contributed by atoms with E-state index in [1.807, 2.05) is 34.9 Å². The molecule has 0 aliphatic carbocycles. The summed E-state index contributed by atoms with van der Waals surface area (Å²) < 4.78 is 0. The van der Waals surface area contributed by atoms with E-state index in [0.29, 0.717) is 5.25 Å². The Labute approximate surface area is 129 Å². The first kappa shape index (κ1) is 13.0. The molecule has 0 radical (unpaired) electrons. The second-order valence-corrected chi connectivity index (χ2v) is 7.10. The van der Waals surface area contributed by atoms with E-state index in [0.717, 1.165) is 12.1 Å². The van der Waals surface area contributed by atoms with E-state index in [9.17, 15) is 4.79 Å². The molecular weight excluding hydrogens is 278 g/mol. The molecule has 2 atom stereocenters. The summed E-state index contributed by atoms with van der Waals surface area (Å²) >= 11 is 1.91. The van der Waals surface area contributed by atoms with E-state index in [1.165, 1.54) is 22.3 Å². The highest BCUT2D eigenvalue weighted by Gasteiger charge is 2.44. The van der Waals surface area contributed by atoms with Crippen molar-refractivity contribution in [2.75, 3.05) is 6.54 Å². The van der Waals surface area contributed by atoms with Crippen LogP contribution in [0.25, 0.3) is 0 Å². The van der Waals surface area contributed by atoms with Gasteiger partial charge in [-0.2, -0.15) is 0 Å². The van der Waals surface area contributed by atoms with E-state index in [1.54, 1.807) is 0 Å². The van der Waals surface area contributed by atoms with Crippen molar-refractivity contribution < 1.29 is 4.79 Å². The fourth-order valence-electron chi connectivity index (χ4n) is 3.33. The van der Waals surface area contributed by atoms with Gasteiger partial charge in [0.05, 0.1) is 5.25 Å². The van der Waals surface area contributed by atoms with Gasteiger partial charge in [0.25, 0.3) is 5.91 Å². The maximum atomic E-state index is 12.5. The van der Waals surface area contributed by atoms with Crippen molar-refractivity contribution in [1.29, 1.82) is 0 Å². The van der Waals surface area contributed by atoms with Gasteiger partial charge in [0, 0.05) is 12.1 Å². The Bertz CT molecular complexity index is 740. The van der Waals surface area contributed by atoms with Crippen molar-refractivity contribution in [3.05, 3.63) is 70.3 Å². The summed E-state index contributed by atoms with van der Waals surface area (Å²) in [5.74, 6) is 0.191. The molecule has 0 N–H and O–H groups in total. The fraction of sp³-hybridized carbons (Fsp3) is 0.278. The number of amides is 1. The first-order valence-electron chi connectivity index (χ1n) is 7.28. The molecule has 0 spiro atoms. The number of rotatable bonds is 1. The van der Waals surface area contributed by atoms with Gasteiger partial charge >= 0.3 is 0 Å². The lowest BCUT2D eigenvalue weighted by molar-refractivity contribution is 0.0787. The van der Waals surface area contributed by atoms with Gasteiger partial charge in [0.2, 0.25) is 0 Å². The van der Waals surface area contributed by atoms with Crippen LogP contribution in [0.1, 0.15) is 43.2 Å². The topological polar surface area (TPSA) is 20.3 Å². The van der Waals surface area contributed by atoms with Gasteiger partial charge in [0.1, 0.15) is 5.37 Å². The zero-order valence-electron chi connectivity index (χ0n) is 12.2. The zero-order chi connectivity index (χ0) is 14.6. The van der Waals surface area contributed by atoms with Gasteiger partial charge in [-0.3, -0.25) is 4.79 Å². The molecule has 21 heavy (non-hydrogen) atoms. The summed E-state index contributed by atoms with van der Waals surface area (Å²) in [6.07, 6.45) is 0. The smallest absolute Gasteiger partial charge is 0.255 e. The number of fused-ring (bicyclic) bond motifs is 3. The van der Waals surface area contributed by atoms with Crippen LogP contribution in [0.5, 0.6) is 0 Å². The second kappa shape index (κ2) is 4.63. The number of hydrogen-bond acceptors (Lipinski definition) is 2. The number of nitrogens with zero attached hydrogens (tertiary/aromatic N) is 1. The first-order valence-corrected chi connectivity index (χ1v) is 8.22. The quantitative estimate of drug-likeness (QED) is 0.784. The number of hydrogen-bond donors (Lipinski definition) is 0. The molecule has 0 aromatic heterocycles. The van der Waals surface area contributed by atoms with Gasteiger partial charge < -0.3 is 4.90 Å². The monoisotopic (exact) mass is 295 g/mol. The lowest BCUT2D eigenvalue weighted by Crippen LogP contribution is -2.24. The molecule has 3 heteroatoms. The minimum Gasteiger partial charge on any atom is -0.321 e. The van der Waals surface area contributed by atoms with Gasteiger partial charge in [-0.25, -0.2) is 0 Å². The predicted molar refractivity (Wildman–Crippen MR) is 86.5 cm³/mol. The summed E-state index contributed by atoms with van der Waals surface area (Å²) in [4.78, 5) is 14.5. The number of benzene rings is 2. The Balaban J connectivity index is 1.71. The van der Waals surface area contributed by atoms with Gasteiger partial charge in [-0.15, -0.1) is 11.8 Å². The average Bonchev–Trinajstić information content (AvgIpc) is 3.03. The molecule has 0 saturated carbocycles. The average molecular weight is 295 g/mol. The normalized spacial score (nSPS) is 23.3. The van der Waals surface area contributed by atoms with Crippen LogP contribution < -0.4 is 0 Å². The Morgan fingerprint density at radius 1 is 1.05 bits per heavy atom. The highest BCUT2D eigenvalue weighted by atomic mass is 32.2. The van der Waals surface area contributed by atoms with Crippen LogP contribution in [0.4, 0.5) is 0 Å². The SMILES string of the molecule is Cc1cccc(C2CN3C(=O)c4ccccc4C3S2)c1C. The van der Waals surface area contributed by atoms with Crippen LogP contribution in [0.15, 0.2) is 42.5 Å². The van der Waals surface area contributed by atoms with Crippen LogP contribution in [0.2, 0.25) is 0 Å². The standard InChI is InChI=1S/C18H17NOS/c1-11-6-5-9-13(12(11)2)16-10-19-17(20)14-7-3-4-8-15(14)18(19)21-16/h3-9,16,18H,10H2,1-2H3. The third kappa shape index (κ3) is 1.84. The molecule has 2 aromatic rings. The number of carbonyl (C=O) groups excluding carboxylic acids is 1. The van der Waals surface area contributed by atoms with E-state index < -0.39 is 0 Å². The fourth-order valence-corrected chi connectivity index (χ4v) is 4.97. The Hall–Kier alpha value is -1.74. The Kier molecular flexibility index (Phi) is 2.86. The van der Waals surface area contributed by atoms with Crippen LogP contribution >= 0.6 is 11.8 Å². The van der Waals surface area contributed by atoms with Gasteiger partial charge in [-0.1, -0.05) is 36.4 Å². The van der Waals surface area contributed by atoms with Crippen molar-refractivity contribution in [3.8, 4) is 0 Å². The van der Waals surface area contributed by atoms with Crippen molar-refractivity contribution in [3.63, 3.8) is 0 Å². The van der Waals surface area contributed by atoms with Crippen LogP contribution in [0, 0.1) is 13.8 Å². The molecule has 0 bridgehead atoms. The Morgan fingerprint density at radius 3 is 2.67 bits per heavy atom. The second-order valence-electron chi connectivity index (χ2n) is 5.81. The minimum atomic E-state index is 0.191. The molecule has 1 fully saturated rings. The molecule has 2 nitrogen and oxygen atoms in total.